The maximum Gasteiger partial charge on any atom is 0.336 e. The average Bonchev–Trinajstić information content (AvgIpc) is 3.21. The van der Waals surface area contributed by atoms with Crippen LogP contribution in [0.3, 0.4) is 0 Å². The van der Waals surface area contributed by atoms with Crippen molar-refractivity contribution < 1.29 is 14.7 Å². The van der Waals surface area contributed by atoms with Gasteiger partial charge in [0.25, 0.3) is 5.91 Å². The molecule has 37 heavy (non-hydrogen) atoms. The quantitative estimate of drug-likeness (QED) is 0.238. The monoisotopic (exact) mass is 513 g/mol. The molecule has 0 aliphatic rings. The molecule has 0 saturated heterocycles. The summed E-state index contributed by atoms with van der Waals surface area (Å²) in [5, 5.41) is 12.6. The van der Waals surface area contributed by atoms with Gasteiger partial charge in [-0.3, -0.25) is 4.79 Å². The van der Waals surface area contributed by atoms with Crippen molar-refractivity contribution in [3.63, 3.8) is 0 Å². The molecule has 0 atom stereocenters. The van der Waals surface area contributed by atoms with Crippen LogP contribution in [0.2, 0.25) is 5.15 Å². The van der Waals surface area contributed by atoms with Gasteiger partial charge in [-0.05, 0) is 47.9 Å². The summed E-state index contributed by atoms with van der Waals surface area (Å²) in [5.41, 5.74) is 3.59. The molecule has 0 aliphatic carbocycles. The highest BCUT2D eigenvalue weighted by Gasteiger charge is 2.17. The van der Waals surface area contributed by atoms with E-state index in [2.05, 4.69) is 21.8 Å². The van der Waals surface area contributed by atoms with Gasteiger partial charge in [-0.2, -0.15) is 0 Å². The van der Waals surface area contributed by atoms with Crippen molar-refractivity contribution in [3.05, 3.63) is 118 Å². The maximum atomic E-state index is 12.7. The highest BCUT2D eigenvalue weighted by molar-refractivity contribution is 6.30. The standard InChI is InChI=1S/C30H28ClN3O3/c1-2-3-13-27-33-28(31)26(19-16-21-9-5-4-6-10-21)34(27)20-22-14-17-23(18-15-22)32-29(35)24-11-7-8-12-25(24)30(36)37/h4-12,14-19H,2-3,13,20H2,1H3,(H,32,35)(H,36,37)/b19-16+. The first-order chi connectivity index (χ1) is 18.0. The number of anilines is 1. The number of halogens is 1. The third-order valence-corrected chi connectivity index (χ3v) is 6.26. The van der Waals surface area contributed by atoms with E-state index in [-0.39, 0.29) is 11.1 Å². The van der Waals surface area contributed by atoms with Gasteiger partial charge < -0.3 is 15.0 Å². The van der Waals surface area contributed by atoms with Gasteiger partial charge in [0.2, 0.25) is 0 Å². The van der Waals surface area contributed by atoms with Gasteiger partial charge in [-0.25, -0.2) is 9.78 Å². The number of carbonyl (C=O) groups is 2. The number of rotatable bonds is 10. The lowest BCUT2D eigenvalue weighted by Gasteiger charge is -2.12. The molecule has 0 aliphatic heterocycles. The summed E-state index contributed by atoms with van der Waals surface area (Å²) in [4.78, 5) is 28.8. The Kier molecular flexibility index (Phi) is 8.54. The summed E-state index contributed by atoms with van der Waals surface area (Å²) in [7, 11) is 0. The largest absolute Gasteiger partial charge is 0.478 e. The van der Waals surface area contributed by atoms with Crippen LogP contribution in [-0.4, -0.2) is 26.5 Å². The first-order valence-corrected chi connectivity index (χ1v) is 12.5. The van der Waals surface area contributed by atoms with Crippen LogP contribution in [0.4, 0.5) is 5.69 Å². The fourth-order valence-corrected chi connectivity index (χ4v) is 4.29. The van der Waals surface area contributed by atoms with E-state index >= 15 is 0 Å². The average molecular weight is 514 g/mol. The van der Waals surface area contributed by atoms with Crippen LogP contribution < -0.4 is 5.32 Å². The number of carboxylic acid groups (broad SMARTS) is 1. The number of benzene rings is 3. The van der Waals surface area contributed by atoms with Gasteiger partial charge in [0.05, 0.1) is 16.8 Å². The Morgan fingerprint density at radius 3 is 2.30 bits per heavy atom. The van der Waals surface area contributed by atoms with E-state index in [0.717, 1.165) is 41.9 Å². The molecule has 0 spiro atoms. The predicted octanol–water partition coefficient (Wildman–Crippen LogP) is 7.05. The van der Waals surface area contributed by atoms with E-state index in [1.807, 2.05) is 54.6 Å². The number of hydrogen-bond acceptors (Lipinski definition) is 3. The lowest BCUT2D eigenvalue weighted by Crippen LogP contribution is -2.16. The highest BCUT2D eigenvalue weighted by Crippen LogP contribution is 2.24. The zero-order valence-corrected chi connectivity index (χ0v) is 21.3. The molecule has 4 aromatic rings. The van der Waals surface area contributed by atoms with Gasteiger partial charge in [-0.15, -0.1) is 0 Å². The number of carbonyl (C=O) groups excluding carboxylic acids is 1. The van der Waals surface area contributed by atoms with Crippen molar-refractivity contribution in [2.45, 2.75) is 32.7 Å². The molecule has 0 fully saturated rings. The van der Waals surface area contributed by atoms with Gasteiger partial charge >= 0.3 is 5.97 Å². The number of imidazole rings is 1. The zero-order chi connectivity index (χ0) is 26.2. The lowest BCUT2D eigenvalue weighted by atomic mass is 10.1. The lowest BCUT2D eigenvalue weighted by molar-refractivity contribution is 0.0692. The van der Waals surface area contributed by atoms with Crippen LogP contribution in [0, 0.1) is 0 Å². The Hall–Kier alpha value is -4.16. The molecule has 3 aromatic carbocycles. The molecule has 0 bridgehead atoms. The van der Waals surface area contributed by atoms with E-state index in [9.17, 15) is 14.7 Å². The van der Waals surface area contributed by atoms with E-state index in [0.29, 0.717) is 17.4 Å². The van der Waals surface area contributed by atoms with Crippen molar-refractivity contribution in [3.8, 4) is 0 Å². The molecule has 2 N–H and O–H groups in total. The number of aryl methyl sites for hydroxylation is 1. The molecule has 0 radical (unpaired) electrons. The highest BCUT2D eigenvalue weighted by atomic mass is 35.5. The second kappa shape index (κ2) is 12.2. The number of nitrogens with zero attached hydrogens (tertiary/aromatic N) is 2. The van der Waals surface area contributed by atoms with Gasteiger partial charge in [-0.1, -0.05) is 85.6 Å². The molecule has 4 rings (SSSR count). The summed E-state index contributed by atoms with van der Waals surface area (Å²) in [6.07, 6.45) is 6.91. The van der Waals surface area contributed by atoms with Crippen LogP contribution in [0.5, 0.6) is 0 Å². The van der Waals surface area contributed by atoms with E-state index < -0.39 is 11.9 Å². The number of aromatic carboxylic acids is 1. The molecule has 0 unspecified atom stereocenters. The predicted molar refractivity (Wildman–Crippen MR) is 148 cm³/mol. The minimum atomic E-state index is -1.14. The van der Waals surface area contributed by atoms with Crippen LogP contribution in [0.1, 0.15) is 63.1 Å². The summed E-state index contributed by atoms with van der Waals surface area (Å²) < 4.78 is 2.13. The SMILES string of the molecule is CCCCc1nc(Cl)c(/C=C/c2ccccc2)n1Cc1ccc(NC(=O)c2ccccc2C(=O)O)cc1. The Bertz CT molecular complexity index is 1410. The second-order valence-corrected chi connectivity index (χ2v) is 9.00. The minimum absolute atomic E-state index is 0.0377. The van der Waals surface area contributed by atoms with E-state index in [1.54, 1.807) is 24.3 Å². The van der Waals surface area contributed by atoms with Gasteiger partial charge in [0.1, 0.15) is 5.82 Å². The maximum absolute atomic E-state index is 12.7. The van der Waals surface area contributed by atoms with Crippen LogP contribution >= 0.6 is 11.6 Å². The number of carboxylic acids is 1. The summed E-state index contributed by atoms with van der Waals surface area (Å²) >= 11 is 6.56. The van der Waals surface area contributed by atoms with Gasteiger partial charge in [0, 0.05) is 18.7 Å². The molecule has 1 heterocycles. The third kappa shape index (κ3) is 6.54. The van der Waals surface area contributed by atoms with Crippen LogP contribution in [0.25, 0.3) is 12.2 Å². The van der Waals surface area contributed by atoms with Crippen molar-refractivity contribution in [2.24, 2.45) is 0 Å². The second-order valence-electron chi connectivity index (χ2n) is 8.64. The number of nitrogens with one attached hydrogen (secondary N) is 1. The first-order valence-electron chi connectivity index (χ1n) is 12.2. The number of aromatic nitrogens is 2. The Labute approximate surface area is 221 Å². The fourth-order valence-electron chi connectivity index (χ4n) is 4.02. The van der Waals surface area contributed by atoms with Crippen molar-refractivity contribution in [1.29, 1.82) is 0 Å². The first kappa shape index (κ1) is 25.9. The third-order valence-electron chi connectivity index (χ3n) is 5.98. The van der Waals surface area contributed by atoms with Crippen molar-refractivity contribution in [1.82, 2.24) is 9.55 Å². The van der Waals surface area contributed by atoms with Gasteiger partial charge in [0.15, 0.2) is 5.15 Å². The number of amides is 1. The van der Waals surface area contributed by atoms with Crippen LogP contribution in [-0.2, 0) is 13.0 Å². The number of hydrogen-bond donors (Lipinski definition) is 2. The fraction of sp³-hybridized carbons (Fsp3) is 0.167. The molecule has 6 nitrogen and oxygen atoms in total. The minimum Gasteiger partial charge on any atom is -0.478 e. The summed E-state index contributed by atoms with van der Waals surface area (Å²) in [6.45, 7) is 2.72. The Morgan fingerprint density at radius 2 is 1.62 bits per heavy atom. The molecular weight excluding hydrogens is 486 g/mol. The van der Waals surface area contributed by atoms with Crippen molar-refractivity contribution >= 4 is 41.3 Å². The normalized spacial score (nSPS) is 11.1. The summed E-state index contributed by atoms with van der Waals surface area (Å²) in [6, 6.07) is 23.6. The number of unbranched alkanes of at least 4 members (excludes halogenated alkanes) is 1. The molecule has 0 saturated carbocycles. The molecule has 1 amide bonds. The van der Waals surface area contributed by atoms with E-state index in [1.165, 1.54) is 12.1 Å². The van der Waals surface area contributed by atoms with Crippen molar-refractivity contribution in [2.75, 3.05) is 5.32 Å². The zero-order valence-electron chi connectivity index (χ0n) is 20.5. The Balaban J connectivity index is 1.55. The smallest absolute Gasteiger partial charge is 0.336 e. The topological polar surface area (TPSA) is 84.2 Å². The Morgan fingerprint density at radius 1 is 0.946 bits per heavy atom. The molecular formula is C30H28ClN3O3. The molecule has 1 aromatic heterocycles. The molecule has 188 valence electrons. The molecule has 7 heteroatoms. The van der Waals surface area contributed by atoms with E-state index in [4.69, 9.17) is 11.6 Å². The summed E-state index contributed by atoms with van der Waals surface area (Å²) in [5.74, 6) is -0.680. The van der Waals surface area contributed by atoms with Crippen LogP contribution in [0.15, 0.2) is 78.9 Å².